The number of Topliss-reactive ketones (excluding diaryl/α,β-unsaturated/α-hetero) is 1. The first-order valence-corrected chi connectivity index (χ1v) is 8.26. The average Bonchev–Trinajstić information content (AvgIpc) is 2.56. The largest absolute Gasteiger partial charge is 0.451 e. The number of nitrogens with zero attached hydrogens (tertiary/aromatic N) is 1. The molecule has 0 saturated carbocycles. The monoisotopic (exact) mass is 405 g/mol. The molecule has 0 amide bonds. The zero-order chi connectivity index (χ0) is 18.7. The van der Waals surface area contributed by atoms with E-state index >= 15 is 0 Å². The van der Waals surface area contributed by atoms with E-state index < -0.39 is 17.0 Å². The van der Waals surface area contributed by atoms with E-state index in [9.17, 15) is 19.7 Å². The van der Waals surface area contributed by atoms with Gasteiger partial charge in [-0.3, -0.25) is 14.9 Å². The number of nitro groups is 1. The van der Waals surface area contributed by atoms with Crippen LogP contribution in [0.15, 0.2) is 40.9 Å². The van der Waals surface area contributed by atoms with Crippen LogP contribution in [0.5, 0.6) is 0 Å². The fraction of sp³-hybridized carbons (Fsp3) is 0.222. The summed E-state index contributed by atoms with van der Waals surface area (Å²) in [6.45, 7) is 5.31. The van der Waals surface area contributed by atoms with E-state index in [1.165, 1.54) is 19.1 Å². The fourth-order valence-corrected chi connectivity index (χ4v) is 2.58. The molecule has 2 aromatic rings. The maximum atomic E-state index is 12.4. The summed E-state index contributed by atoms with van der Waals surface area (Å²) >= 11 is 3.05. The van der Waals surface area contributed by atoms with Gasteiger partial charge in [0.2, 0.25) is 5.78 Å². The van der Waals surface area contributed by atoms with E-state index in [1.54, 1.807) is 12.1 Å². The van der Waals surface area contributed by atoms with Gasteiger partial charge in [-0.2, -0.15) is 0 Å². The number of halogens is 1. The second-order valence-electron chi connectivity index (χ2n) is 5.63. The van der Waals surface area contributed by atoms with Gasteiger partial charge in [0.15, 0.2) is 6.10 Å². The smallest absolute Gasteiger partial charge is 0.339 e. The van der Waals surface area contributed by atoms with Gasteiger partial charge in [0.1, 0.15) is 0 Å². The Bertz CT molecular complexity index is 863. The molecule has 0 bridgehead atoms. The average molecular weight is 406 g/mol. The SMILES string of the molecule is Cc1ccc(C(=O)[C@@H](C)OC(=O)c2ccc(Br)c([N+](=O)[O-])c2)cc1C. The molecule has 0 fully saturated rings. The Morgan fingerprint density at radius 2 is 1.72 bits per heavy atom. The molecule has 0 unspecified atom stereocenters. The highest BCUT2D eigenvalue weighted by atomic mass is 79.9. The first-order chi connectivity index (χ1) is 11.7. The van der Waals surface area contributed by atoms with Gasteiger partial charge in [0, 0.05) is 11.6 Å². The molecular formula is C18H16BrNO5. The van der Waals surface area contributed by atoms with E-state index in [1.807, 2.05) is 19.9 Å². The van der Waals surface area contributed by atoms with Crippen LogP contribution in [0, 0.1) is 24.0 Å². The highest BCUT2D eigenvalue weighted by molar-refractivity contribution is 9.10. The number of esters is 1. The van der Waals surface area contributed by atoms with Crippen molar-refractivity contribution in [3.8, 4) is 0 Å². The molecule has 0 spiro atoms. The maximum absolute atomic E-state index is 12.4. The van der Waals surface area contributed by atoms with Gasteiger partial charge in [-0.1, -0.05) is 12.1 Å². The summed E-state index contributed by atoms with van der Waals surface area (Å²) in [5.41, 5.74) is 2.23. The molecule has 0 aliphatic heterocycles. The third-order valence-corrected chi connectivity index (χ3v) is 4.49. The first-order valence-electron chi connectivity index (χ1n) is 7.47. The topological polar surface area (TPSA) is 86.5 Å². The molecule has 0 N–H and O–H groups in total. The lowest BCUT2D eigenvalue weighted by Crippen LogP contribution is -2.24. The quantitative estimate of drug-likeness (QED) is 0.318. The van der Waals surface area contributed by atoms with Crippen molar-refractivity contribution in [1.82, 2.24) is 0 Å². The molecule has 6 nitrogen and oxygen atoms in total. The number of aryl methyl sites for hydroxylation is 2. The van der Waals surface area contributed by atoms with Crippen molar-refractivity contribution in [3.63, 3.8) is 0 Å². The zero-order valence-electron chi connectivity index (χ0n) is 13.9. The Labute approximate surface area is 153 Å². The van der Waals surface area contributed by atoms with Crippen molar-refractivity contribution < 1.29 is 19.2 Å². The van der Waals surface area contributed by atoms with Crippen molar-refractivity contribution in [3.05, 3.63) is 73.2 Å². The summed E-state index contributed by atoms with van der Waals surface area (Å²) in [4.78, 5) is 34.9. The molecule has 0 aromatic heterocycles. The minimum absolute atomic E-state index is 0.00892. The third-order valence-electron chi connectivity index (χ3n) is 3.82. The fourth-order valence-electron chi connectivity index (χ4n) is 2.19. The second kappa shape index (κ2) is 7.57. The highest BCUT2D eigenvalue weighted by Crippen LogP contribution is 2.26. The molecule has 1 atom stereocenters. The van der Waals surface area contributed by atoms with Crippen LogP contribution in [0.4, 0.5) is 5.69 Å². The predicted octanol–water partition coefficient (Wildman–Crippen LogP) is 4.40. The van der Waals surface area contributed by atoms with E-state index in [-0.39, 0.29) is 21.5 Å². The Hall–Kier alpha value is -2.54. The van der Waals surface area contributed by atoms with Crippen LogP contribution in [0.2, 0.25) is 0 Å². The van der Waals surface area contributed by atoms with Crippen molar-refractivity contribution in [2.75, 3.05) is 0 Å². The van der Waals surface area contributed by atoms with Crippen LogP contribution < -0.4 is 0 Å². The van der Waals surface area contributed by atoms with Crippen molar-refractivity contribution in [2.24, 2.45) is 0 Å². The lowest BCUT2D eigenvalue weighted by molar-refractivity contribution is -0.385. The van der Waals surface area contributed by atoms with Crippen molar-refractivity contribution >= 4 is 33.4 Å². The Kier molecular flexibility index (Phi) is 5.69. The van der Waals surface area contributed by atoms with Crippen LogP contribution in [0.3, 0.4) is 0 Å². The molecule has 0 radical (unpaired) electrons. The maximum Gasteiger partial charge on any atom is 0.339 e. The summed E-state index contributed by atoms with van der Waals surface area (Å²) in [5, 5.41) is 10.9. The van der Waals surface area contributed by atoms with Gasteiger partial charge in [-0.05, 0) is 66.0 Å². The number of hydrogen-bond donors (Lipinski definition) is 0. The lowest BCUT2D eigenvalue weighted by atomic mass is 10.0. The van der Waals surface area contributed by atoms with E-state index in [2.05, 4.69) is 15.9 Å². The molecule has 2 aromatic carbocycles. The molecular weight excluding hydrogens is 390 g/mol. The zero-order valence-corrected chi connectivity index (χ0v) is 15.5. The van der Waals surface area contributed by atoms with Gasteiger partial charge in [-0.25, -0.2) is 4.79 Å². The molecule has 0 aliphatic carbocycles. The summed E-state index contributed by atoms with van der Waals surface area (Å²) < 4.78 is 5.43. The number of hydrogen-bond acceptors (Lipinski definition) is 5. The van der Waals surface area contributed by atoms with Gasteiger partial charge in [-0.15, -0.1) is 0 Å². The summed E-state index contributed by atoms with van der Waals surface area (Å²) in [7, 11) is 0. The van der Waals surface area contributed by atoms with Gasteiger partial charge >= 0.3 is 5.97 Å². The van der Waals surface area contributed by atoms with Crippen molar-refractivity contribution in [1.29, 1.82) is 0 Å². The standard InChI is InChI=1S/C18H16BrNO5/c1-10-4-5-13(8-11(10)2)17(21)12(3)25-18(22)14-6-7-15(19)16(9-14)20(23)24/h4-9,12H,1-3H3/t12-/m1/s1. The molecule has 130 valence electrons. The molecule has 7 heteroatoms. The van der Waals surface area contributed by atoms with Gasteiger partial charge in [0.05, 0.1) is 15.0 Å². The van der Waals surface area contributed by atoms with Crippen molar-refractivity contribution in [2.45, 2.75) is 26.9 Å². The molecule has 2 rings (SSSR count). The Morgan fingerprint density at radius 3 is 2.32 bits per heavy atom. The van der Waals surface area contributed by atoms with Crippen LogP contribution in [0.25, 0.3) is 0 Å². The molecule has 0 heterocycles. The first kappa shape index (κ1) is 18.8. The summed E-state index contributed by atoms with van der Waals surface area (Å²) in [6, 6.07) is 9.15. The number of benzene rings is 2. The van der Waals surface area contributed by atoms with Gasteiger partial charge in [0.25, 0.3) is 5.69 Å². The highest BCUT2D eigenvalue weighted by Gasteiger charge is 2.22. The minimum Gasteiger partial charge on any atom is -0.451 e. The Balaban J connectivity index is 2.16. The number of ketones is 1. The number of ether oxygens (including phenoxy) is 1. The van der Waals surface area contributed by atoms with Crippen LogP contribution in [-0.4, -0.2) is 22.8 Å². The normalized spacial score (nSPS) is 11.7. The summed E-state index contributed by atoms with van der Waals surface area (Å²) in [5.74, 6) is -1.12. The molecule has 0 aliphatic rings. The minimum atomic E-state index is -1.00. The molecule has 25 heavy (non-hydrogen) atoms. The van der Waals surface area contributed by atoms with Crippen LogP contribution >= 0.6 is 15.9 Å². The van der Waals surface area contributed by atoms with E-state index in [0.717, 1.165) is 17.2 Å². The van der Waals surface area contributed by atoms with E-state index in [0.29, 0.717) is 5.56 Å². The second-order valence-corrected chi connectivity index (χ2v) is 6.49. The predicted molar refractivity (Wildman–Crippen MR) is 95.9 cm³/mol. The number of carbonyl (C=O) groups is 2. The van der Waals surface area contributed by atoms with Crippen LogP contribution in [0.1, 0.15) is 38.8 Å². The third kappa shape index (κ3) is 4.30. The summed E-state index contributed by atoms with van der Waals surface area (Å²) in [6.07, 6.45) is -1.00. The molecule has 0 saturated heterocycles. The number of nitro benzene ring substituents is 1. The van der Waals surface area contributed by atoms with Crippen LogP contribution in [-0.2, 0) is 4.74 Å². The lowest BCUT2D eigenvalue weighted by Gasteiger charge is -2.13. The Morgan fingerprint density at radius 1 is 1.08 bits per heavy atom. The number of rotatable bonds is 5. The van der Waals surface area contributed by atoms with E-state index in [4.69, 9.17) is 4.74 Å². The van der Waals surface area contributed by atoms with Gasteiger partial charge < -0.3 is 4.74 Å². The number of carbonyl (C=O) groups excluding carboxylic acids is 2.